The van der Waals surface area contributed by atoms with Gasteiger partial charge in [-0.15, -0.1) is 0 Å². The van der Waals surface area contributed by atoms with Crippen LogP contribution in [0, 0.1) is 0 Å². The van der Waals surface area contributed by atoms with Gasteiger partial charge < -0.3 is 15.5 Å². The topological polar surface area (TPSA) is 69.6 Å². The fourth-order valence-electron chi connectivity index (χ4n) is 5.65. The minimum Gasteiger partial charge on any atom is -0.394 e. The molecule has 1 amide bonds. The molecule has 4 nitrogen and oxygen atoms in total. The molecule has 0 aliphatic heterocycles. The van der Waals surface area contributed by atoms with Crippen LogP contribution in [0.15, 0.2) is 12.2 Å². The Bertz CT molecular complexity index is 550. The average molecular weight is 580 g/mol. The quantitative estimate of drug-likeness (QED) is 0.0535. The summed E-state index contributed by atoms with van der Waals surface area (Å²) < 4.78 is 0. The fraction of sp³-hybridized carbons (Fsp3) is 0.919. The first kappa shape index (κ1) is 40.1. The molecule has 0 saturated carbocycles. The highest BCUT2D eigenvalue weighted by atomic mass is 16.3. The summed E-state index contributed by atoms with van der Waals surface area (Å²) in [5, 5.41) is 23.0. The van der Waals surface area contributed by atoms with Crippen molar-refractivity contribution in [3.8, 4) is 0 Å². The highest BCUT2D eigenvalue weighted by Gasteiger charge is 2.19. The number of allylic oxidation sites excluding steroid dienone is 2. The van der Waals surface area contributed by atoms with Gasteiger partial charge in [0.05, 0.1) is 18.8 Å². The number of amides is 1. The van der Waals surface area contributed by atoms with Crippen molar-refractivity contribution in [3.05, 3.63) is 12.2 Å². The van der Waals surface area contributed by atoms with Gasteiger partial charge in [0.25, 0.3) is 0 Å². The van der Waals surface area contributed by atoms with Gasteiger partial charge in [-0.1, -0.05) is 167 Å². The molecule has 4 heteroatoms. The van der Waals surface area contributed by atoms with Gasteiger partial charge in [0.2, 0.25) is 5.91 Å². The SMILES string of the molecule is CCCCCCCC/C=C\CCCCCCCC(=O)N[C@@H](CO)[C@H](O)CCCCCCCCCCCCCCCC. The second-order valence-corrected chi connectivity index (χ2v) is 12.6. The molecule has 0 aromatic heterocycles. The van der Waals surface area contributed by atoms with Crippen LogP contribution in [0.5, 0.6) is 0 Å². The van der Waals surface area contributed by atoms with Crippen LogP contribution in [0.4, 0.5) is 0 Å². The summed E-state index contributed by atoms with van der Waals surface area (Å²) in [6.45, 7) is 4.34. The lowest BCUT2D eigenvalue weighted by atomic mass is 10.0. The van der Waals surface area contributed by atoms with Crippen LogP contribution in [0.3, 0.4) is 0 Å². The molecule has 0 rings (SSSR count). The molecule has 0 aromatic carbocycles. The zero-order chi connectivity index (χ0) is 30.1. The Morgan fingerprint density at radius 1 is 0.561 bits per heavy atom. The molecule has 0 aliphatic carbocycles. The maximum Gasteiger partial charge on any atom is 0.220 e. The number of aliphatic hydroxyl groups excluding tert-OH is 2. The standard InChI is InChI=1S/C37H73NO3/c1-3-5-7-9-11-13-15-17-19-21-23-25-27-29-31-33-37(41)38-35(34-39)36(40)32-30-28-26-24-22-20-18-16-14-12-10-8-6-4-2/h17,19,35-36,39-40H,3-16,18,20-34H2,1-2H3,(H,38,41)/b19-17-/t35-,36+/m0/s1. The van der Waals surface area contributed by atoms with E-state index in [1.54, 1.807) is 0 Å². The number of rotatable bonds is 33. The zero-order valence-corrected chi connectivity index (χ0v) is 27.8. The summed E-state index contributed by atoms with van der Waals surface area (Å²) in [6.07, 6.45) is 39.7. The molecular formula is C37H73NO3. The van der Waals surface area contributed by atoms with E-state index in [2.05, 4.69) is 31.3 Å². The summed E-state index contributed by atoms with van der Waals surface area (Å²) >= 11 is 0. The summed E-state index contributed by atoms with van der Waals surface area (Å²) in [5.74, 6) is -0.0401. The van der Waals surface area contributed by atoms with Crippen molar-refractivity contribution in [1.82, 2.24) is 5.32 Å². The largest absolute Gasteiger partial charge is 0.394 e. The van der Waals surface area contributed by atoms with Gasteiger partial charge in [-0.05, 0) is 38.5 Å². The second-order valence-electron chi connectivity index (χ2n) is 12.6. The third kappa shape index (κ3) is 30.4. The maximum absolute atomic E-state index is 12.3. The number of nitrogens with one attached hydrogen (secondary N) is 1. The van der Waals surface area contributed by atoms with E-state index in [0.717, 1.165) is 25.7 Å². The lowest BCUT2D eigenvalue weighted by molar-refractivity contribution is -0.123. The van der Waals surface area contributed by atoms with E-state index >= 15 is 0 Å². The Labute approximate surface area is 256 Å². The van der Waals surface area contributed by atoms with Gasteiger partial charge in [-0.3, -0.25) is 4.79 Å². The highest BCUT2D eigenvalue weighted by Crippen LogP contribution is 2.15. The molecular weight excluding hydrogens is 506 g/mol. The Kier molecular flexibility index (Phi) is 32.9. The molecule has 3 N–H and O–H groups in total. The Morgan fingerprint density at radius 3 is 1.34 bits per heavy atom. The lowest BCUT2D eigenvalue weighted by Gasteiger charge is -2.22. The molecule has 2 atom stereocenters. The molecule has 0 heterocycles. The van der Waals surface area contributed by atoms with E-state index in [1.165, 1.54) is 148 Å². The number of unbranched alkanes of at least 4 members (excludes halogenated alkanes) is 24. The van der Waals surface area contributed by atoms with Gasteiger partial charge in [0.1, 0.15) is 0 Å². The second kappa shape index (κ2) is 33.6. The van der Waals surface area contributed by atoms with Crippen LogP contribution < -0.4 is 5.32 Å². The van der Waals surface area contributed by atoms with Crippen molar-refractivity contribution in [3.63, 3.8) is 0 Å². The van der Waals surface area contributed by atoms with Crippen LogP contribution >= 0.6 is 0 Å². The molecule has 244 valence electrons. The van der Waals surface area contributed by atoms with Crippen LogP contribution in [0.25, 0.3) is 0 Å². The average Bonchev–Trinajstić information content (AvgIpc) is 2.97. The van der Waals surface area contributed by atoms with E-state index < -0.39 is 12.1 Å². The summed E-state index contributed by atoms with van der Waals surface area (Å²) in [4.78, 5) is 12.3. The van der Waals surface area contributed by atoms with Gasteiger partial charge >= 0.3 is 0 Å². The molecule has 0 unspecified atom stereocenters. The van der Waals surface area contributed by atoms with Crippen LogP contribution in [0.2, 0.25) is 0 Å². The minimum atomic E-state index is -0.657. The highest BCUT2D eigenvalue weighted by molar-refractivity contribution is 5.76. The fourth-order valence-corrected chi connectivity index (χ4v) is 5.65. The smallest absolute Gasteiger partial charge is 0.220 e. The van der Waals surface area contributed by atoms with Crippen molar-refractivity contribution in [1.29, 1.82) is 0 Å². The van der Waals surface area contributed by atoms with Crippen LogP contribution in [0.1, 0.15) is 200 Å². The van der Waals surface area contributed by atoms with E-state index in [1.807, 2.05) is 0 Å². The third-order valence-corrected chi connectivity index (χ3v) is 8.53. The molecule has 0 bridgehead atoms. The first-order chi connectivity index (χ1) is 20.2. The molecule has 0 saturated heterocycles. The van der Waals surface area contributed by atoms with Crippen molar-refractivity contribution < 1.29 is 15.0 Å². The van der Waals surface area contributed by atoms with Crippen molar-refractivity contribution in [2.75, 3.05) is 6.61 Å². The first-order valence-electron chi connectivity index (χ1n) is 18.4. The molecule has 0 aromatic rings. The van der Waals surface area contributed by atoms with E-state index in [-0.39, 0.29) is 12.5 Å². The first-order valence-corrected chi connectivity index (χ1v) is 18.4. The monoisotopic (exact) mass is 580 g/mol. The number of hydrogen-bond acceptors (Lipinski definition) is 3. The summed E-state index contributed by atoms with van der Waals surface area (Å²) in [6, 6.07) is -0.535. The molecule has 0 spiro atoms. The van der Waals surface area contributed by atoms with Crippen LogP contribution in [-0.4, -0.2) is 34.9 Å². The lowest BCUT2D eigenvalue weighted by Crippen LogP contribution is -2.45. The van der Waals surface area contributed by atoms with Gasteiger partial charge in [0.15, 0.2) is 0 Å². The summed E-state index contributed by atoms with van der Waals surface area (Å²) in [7, 11) is 0. The predicted octanol–water partition coefficient (Wildman–Crippen LogP) is 10.7. The maximum atomic E-state index is 12.3. The Hall–Kier alpha value is -0.870. The predicted molar refractivity (Wildman–Crippen MR) is 179 cm³/mol. The van der Waals surface area contributed by atoms with Gasteiger partial charge in [-0.25, -0.2) is 0 Å². The molecule has 0 aliphatic rings. The Morgan fingerprint density at radius 2 is 0.927 bits per heavy atom. The van der Waals surface area contributed by atoms with Gasteiger partial charge in [0, 0.05) is 6.42 Å². The van der Waals surface area contributed by atoms with Crippen LogP contribution in [-0.2, 0) is 4.79 Å². The molecule has 0 radical (unpaired) electrons. The van der Waals surface area contributed by atoms with Crippen molar-refractivity contribution in [2.45, 2.75) is 212 Å². The van der Waals surface area contributed by atoms with E-state index in [9.17, 15) is 15.0 Å². The Balaban J connectivity index is 3.57. The minimum absolute atomic E-state index is 0.0401. The summed E-state index contributed by atoms with van der Waals surface area (Å²) in [5.41, 5.74) is 0. The normalized spacial score (nSPS) is 13.2. The van der Waals surface area contributed by atoms with E-state index in [4.69, 9.17) is 0 Å². The number of hydrogen-bond donors (Lipinski definition) is 3. The number of carbonyl (C=O) groups is 1. The van der Waals surface area contributed by atoms with Crippen molar-refractivity contribution >= 4 is 5.91 Å². The molecule has 41 heavy (non-hydrogen) atoms. The zero-order valence-electron chi connectivity index (χ0n) is 27.8. The molecule has 0 fully saturated rings. The van der Waals surface area contributed by atoms with E-state index in [0.29, 0.717) is 12.8 Å². The van der Waals surface area contributed by atoms with Gasteiger partial charge in [-0.2, -0.15) is 0 Å². The third-order valence-electron chi connectivity index (χ3n) is 8.53. The van der Waals surface area contributed by atoms with Crippen molar-refractivity contribution in [2.24, 2.45) is 0 Å². The number of carbonyl (C=O) groups excluding carboxylic acids is 1. The number of aliphatic hydroxyl groups is 2.